The molecular formula is C25H28F2N2O. The molecule has 0 aliphatic carbocycles. The summed E-state index contributed by atoms with van der Waals surface area (Å²) in [6.45, 7) is 2.98. The summed E-state index contributed by atoms with van der Waals surface area (Å²) < 4.78 is 28.8. The van der Waals surface area contributed by atoms with Crippen LogP contribution < -0.4 is 0 Å². The molecule has 1 aromatic heterocycles. The van der Waals surface area contributed by atoms with Crippen LogP contribution in [0.5, 0.6) is 0 Å². The highest BCUT2D eigenvalue weighted by molar-refractivity contribution is 6.08. The molecule has 0 bridgehead atoms. The summed E-state index contributed by atoms with van der Waals surface area (Å²) in [6, 6.07) is 11.4. The molecule has 2 aromatic carbocycles. The molecular weight excluding hydrogens is 382 g/mol. The predicted octanol–water partition coefficient (Wildman–Crippen LogP) is 5.37. The van der Waals surface area contributed by atoms with Crippen molar-refractivity contribution in [2.24, 2.45) is 13.0 Å². The van der Waals surface area contributed by atoms with Crippen LogP contribution in [0.1, 0.15) is 41.6 Å². The Bertz CT molecular complexity index is 1030. The molecule has 0 radical (unpaired) electrons. The number of likely N-dealkylation sites (tertiary alicyclic amines) is 1. The van der Waals surface area contributed by atoms with Crippen LogP contribution in [-0.2, 0) is 13.5 Å². The second kappa shape index (κ2) is 9.09. The molecule has 1 aliphatic rings. The predicted molar refractivity (Wildman–Crippen MR) is 116 cm³/mol. The standard InChI is InChI=1S/C25H28F2N2O/c1-28-17-23(22-16-21(27)6-7-24(22)28)25(30)8-5-18-9-12-29(13-10-18)14-11-19-3-2-4-20(26)15-19/h2-4,6-7,15-18H,5,8-14H2,1H3. The molecule has 0 saturated carbocycles. The number of rotatable bonds is 7. The fourth-order valence-electron chi connectivity index (χ4n) is 4.53. The van der Waals surface area contributed by atoms with Crippen molar-refractivity contribution in [3.05, 3.63) is 71.4 Å². The molecule has 5 heteroatoms. The zero-order valence-corrected chi connectivity index (χ0v) is 17.4. The number of hydrogen-bond acceptors (Lipinski definition) is 2. The first-order valence-electron chi connectivity index (χ1n) is 10.7. The minimum Gasteiger partial charge on any atom is -0.350 e. The maximum absolute atomic E-state index is 13.6. The highest BCUT2D eigenvalue weighted by Gasteiger charge is 2.21. The first kappa shape index (κ1) is 20.7. The SMILES string of the molecule is Cn1cc(C(=O)CCC2CCN(CCc3cccc(F)c3)CC2)c2cc(F)ccc21. The van der Waals surface area contributed by atoms with Crippen molar-refractivity contribution < 1.29 is 13.6 Å². The third-order valence-corrected chi connectivity index (χ3v) is 6.34. The van der Waals surface area contributed by atoms with Crippen molar-refractivity contribution in [3.8, 4) is 0 Å². The van der Waals surface area contributed by atoms with Gasteiger partial charge in [-0.3, -0.25) is 4.79 Å². The molecule has 30 heavy (non-hydrogen) atoms. The number of carbonyl (C=O) groups excluding carboxylic acids is 1. The van der Waals surface area contributed by atoms with E-state index < -0.39 is 0 Å². The molecule has 4 rings (SSSR count). The van der Waals surface area contributed by atoms with Gasteiger partial charge >= 0.3 is 0 Å². The van der Waals surface area contributed by atoms with Crippen LogP contribution in [0.25, 0.3) is 10.9 Å². The van der Waals surface area contributed by atoms with Gasteiger partial charge in [0.15, 0.2) is 5.78 Å². The Morgan fingerprint density at radius 2 is 1.83 bits per heavy atom. The first-order chi connectivity index (χ1) is 14.5. The first-order valence-corrected chi connectivity index (χ1v) is 10.7. The summed E-state index contributed by atoms with van der Waals surface area (Å²) in [7, 11) is 1.89. The molecule has 1 saturated heterocycles. The third-order valence-electron chi connectivity index (χ3n) is 6.34. The van der Waals surface area contributed by atoms with E-state index in [0.29, 0.717) is 23.3 Å². The average Bonchev–Trinajstić information content (AvgIpc) is 3.07. The third kappa shape index (κ3) is 4.78. The Morgan fingerprint density at radius 1 is 1.07 bits per heavy atom. The molecule has 158 valence electrons. The number of ketones is 1. The van der Waals surface area contributed by atoms with Gasteiger partial charge in [-0.05, 0) is 80.6 Å². The number of hydrogen-bond donors (Lipinski definition) is 0. The Kier molecular flexibility index (Phi) is 6.28. The summed E-state index contributed by atoms with van der Waals surface area (Å²) in [5.74, 6) is 0.156. The number of piperidine rings is 1. The molecule has 0 spiro atoms. The summed E-state index contributed by atoms with van der Waals surface area (Å²) in [5, 5.41) is 0.703. The zero-order valence-electron chi connectivity index (χ0n) is 17.4. The van der Waals surface area contributed by atoms with E-state index in [0.717, 1.165) is 56.4 Å². The smallest absolute Gasteiger partial charge is 0.165 e. The highest BCUT2D eigenvalue weighted by Crippen LogP contribution is 2.26. The van der Waals surface area contributed by atoms with Gasteiger partial charge in [-0.15, -0.1) is 0 Å². The molecule has 3 nitrogen and oxygen atoms in total. The fraction of sp³-hybridized carbons (Fsp3) is 0.400. The minimum atomic E-state index is -0.312. The topological polar surface area (TPSA) is 25.2 Å². The molecule has 0 unspecified atom stereocenters. The van der Waals surface area contributed by atoms with Gasteiger partial charge in [-0.25, -0.2) is 8.78 Å². The monoisotopic (exact) mass is 410 g/mol. The second-order valence-corrected chi connectivity index (χ2v) is 8.44. The van der Waals surface area contributed by atoms with Gasteiger partial charge in [0.2, 0.25) is 0 Å². The number of benzene rings is 2. The lowest BCUT2D eigenvalue weighted by Crippen LogP contribution is -2.35. The van der Waals surface area contributed by atoms with Crippen LogP contribution in [0, 0.1) is 17.6 Å². The quantitative estimate of drug-likeness (QED) is 0.489. The lowest BCUT2D eigenvalue weighted by atomic mass is 9.90. The highest BCUT2D eigenvalue weighted by atomic mass is 19.1. The number of Topliss-reactive ketones (excluding diaryl/α,β-unsaturated/α-hetero) is 1. The number of aryl methyl sites for hydroxylation is 1. The van der Waals surface area contributed by atoms with Crippen LogP contribution >= 0.6 is 0 Å². The lowest BCUT2D eigenvalue weighted by Gasteiger charge is -2.31. The van der Waals surface area contributed by atoms with Crippen molar-refractivity contribution in [1.29, 1.82) is 0 Å². The van der Waals surface area contributed by atoms with Crippen molar-refractivity contribution in [2.45, 2.75) is 32.1 Å². The average molecular weight is 411 g/mol. The Labute approximate surface area is 176 Å². The van der Waals surface area contributed by atoms with Gasteiger partial charge in [0.1, 0.15) is 11.6 Å². The van der Waals surface area contributed by atoms with E-state index in [2.05, 4.69) is 4.90 Å². The van der Waals surface area contributed by atoms with E-state index >= 15 is 0 Å². The van der Waals surface area contributed by atoms with Crippen molar-refractivity contribution in [2.75, 3.05) is 19.6 Å². The van der Waals surface area contributed by atoms with Crippen LogP contribution in [-0.4, -0.2) is 34.9 Å². The van der Waals surface area contributed by atoms with E-state index in [1.54, 1.807) is 18.2 Å². The Hall–Kier alpha value is -2.53. The molecule has 0 N–H and O–H groups in total. The van der Waals surface area contributed by atoms with E-state index in [1.807, 2.05) is 23.9 Å². The maximum Gasteiger partial charge on any atom is 0.165 e. The van der Waals surface area contributed by atoms with Crippen LogP contribution in [0.15, 0.2) is 48.7 Å². The number of fused-ring (bicyclic) bond motifs is 1. The van der Waals surface area contributed by atoms with Crippen LogP contribution in [0.2, 0.25) is 0 Å². The maximum atomic E-state index is 13.6. The molecule has 3 aromatic rings. The number of carbonyl (C=O) groups is 1. The van der Waals surface area contributed by atoms with Gasteiger partial charge in [-0.1, -0.05) is 12.1 Å². The molecule has 1 aliphatic heterocycles. The summed E-state index contributed by atoms with van der Waals surface area (Å²) in [5.41, 5.74) is 2.54. The van der Waals surface area contributed by atoms with E-state index in [1.165, 1.54) is 18.2 Å². The van der Waals surface area contributed by atoms with Crippen LogP contribution in [0.4, 0.5) is 8.78 Å². The van der Waals surface area contributed by atoms with E-state index in [9.17, 15) is 13.6 Å². The van der Waals surface area contributed by atoms with Gasteiger partial charge < -0.3 is 9.47 Å². The minimum absolute atomic E-state index is 0.0970. The summed E-state index contributed by atoms with van der Waals surface area (Å²) in [4.78, 5) is 15.2. The van der Waals surface area contributed by atoms with Crippen LogP contribution in [0.3, 0.4) is 0 Å². The molecule has 0 amide bonds. The molecule has 1 fully saturated rings. The van der Waals surface area contributed by atoms with Crippen molar-refractivity contribution in [1.82, 2.24) is 9.47 Å². The molecule has 0 atom stereocenters. The number of aromatic nitrogens is 1. The zero-order chi connectivity index (χ0) is 21.1. The largest absolute Gasteiger partial charge is 0.350 e. The van der Waals surface area contributed by atoms with Crippen molar-refractivity contribution >= 4 is 16.7 Å². The Balaban J connectivity index is 1.26. The molecule has 2 heterocycles. The summed E-state index contributed by atoms with van der Waals surface area (Å²) >= 11 is 0. The Morgan fingerprint density at radius 3 is 2.60 bits per heavy atom. The van der Waals surface area contributed by atoms with Crippen molar-refractivity contribution in [3.63, 3.8) is 0 Å². The van der Waals surface area contributed by atoms with E-state index in [-0.39, 0.29) is 17.4 Å². The van der Waals surface area contributed by atoms with Gasteiger partial charge in [0.05, 0.1) is 0 Å². The number of nitrogens with zero attached hydrogens (tertiary/aromatic N) is 2. The normalized spacial score (nSPS) is 15.7. The van der Waals surface area contributed by atoms with Gasteiger partial charge in [-0.2, -0.15) is 0 Å². The fourth-order valence-corrected chi connectivity index (χ4v) is 4.53. The van der Waals surface area contributed by atoms with E-state index in [4.69, 9.17) is 0 Å². The number of halogens is 2. The van der Waals surface area contributed by atoms with Gasteiger partial charge in [0.25, 0.3) is 0 Å². The lowest BCUT2D eigenvalue weighted by molar-refractivity contribution is 0.0964. The summed E-state index contributed by atoms with van der Waals surface area (Å²) in [6.07, 6.45) is 6.23. The second-order valence-electron chi connectivity index (χ2n) is 8.44. The van der Waals surface area contributed by atoms with Gasteiger partial charge in [0, 0.05) is 42.7 Å².